The van der Waals surface area contributed by atoms with Gasteiger partial charge in [0, 0.05) is 29.8 Å². The van der Waals surface area contributed by atoms with Crippen molar-refractivity contribution in [1.29, 1.82) is 0 Å². The van der Waals surface area contributed by atoms with Gasteiger partial charge in [0.1, 0.15) is 0 Å². The van der Waals surface area contributed by atoms with E-state index in [0.717, 1.165) is 40.9 Å². The number of anilines is 1. The van der Waals surface area contributed by atoms with Gasteiger partial charge in [-0.05, 0) is 24.1 Å². The van der Waals surface area contributed by atoms with Crippen molar-refractivity contribution in [1.82, 2.24) is 0 Å². The minimum absolute atomic E-state index is 0.145. The molecule has 1 aliphatic carbocycles. The Balaban J connectivity index is 2.16. The molecule has 0 bridgehead atoms. The van der Waals surface area contributed by atoms with Gasteiger partial charge in [-0.2, -0.15) is 0 Å². The molecule has 0 saturated carbocycles. The van der Waals surface area contributed by atoms with Crippen molar-refractivity contribution in [2.75, 3.05) is 11.9 Å². The van der Waals surface area contributed by atoms with Crippen molar-refractivity contribution in [3.8, 4) is 0 Å². The van der Waals surface area contributed by atoms with Crippen LogP contribution in [0.3, 0.4) is 0 Å². The number of carbonyl (C=O) groups is 1. The molecule has 1 aliphatic rings. The van der Waals surface area contributed by atoms with Crippen LogP contribution >= 0.6 is 0 Å². The first-order chi connectivity index (χ1) is 8.81. The number of hydrogen-bond acceptors (Lipinski definition) is 2. The van der Waals surface area contributed by atoms with E-state index in [2.05, 4.69) is 12.2 Å². The SMILES string of the molecule is CCNc1cccc2c1Cc1ccccc1C2=O. The molecular formula is C16H15NO. The lowest BCUT2D eigenvalue weighted by molar-refractivity contribution is 0.103. The van der Waals surface area contributed by atoms with E-state index in [4.69, 9.17) is 0 Å². The molecule has 2 nitrogen and oxygen atoms in total. The standard InChI is InChI=1S/C16H15NO/c1-2-17-15-9-5-8-13-14(15)10-11-6-3-4-7-12(11)16(13)18/h3-9,17H,2,10H2,1H3. The number of carbonyl (C=O) groups excluding carboxylic acids is 1. The molecule has 2 aromatic carbocycles. The lowest BCUT2D eigenvalue weighted by atomic mass is 9.84. The van der Waals surface area contributed by atoms with Crippen LogP contribution in [0.1, 0.15) is 34.0 Å². The van der Waals surface area contributed by atoms with Gasteiger partial charge >= 0.3 is 0 Å². The minimum atomic E-state index is 0.145. The number of hydrogen-bond donors (Lipinski definition) is 1. The highest BCUT2D eigenvalue weighted by atomic mass is 16.1. The second kappa shape index (κ2) is 4.30. The Morgan fingerprint density at radius 2 is 1.83 bits per heavy atom. The van der Waals surface area contributed by atoms with Crippen molar-refractivity contribution in [3.05, 3.63) is 64.7 Å². The molecule has 0 heterocycles. The molecular weight excluding hydrogens is 222 g/mol. The average Bonchev–Trinajstić information content (AvgIpc) is 2.40. The van der Waals surface area contributed by atoms with Crippen LogP contribution in [-0.4, -0.2) is 12.3 Å². The summed E-state index contributed by atoms with van der Waals surface area (Å²) in [6, 6.07) is 13.8. The Hall–Kier alpha value is -2.09. The Morgan fingerprint density at radius 3 is 2.67 bits per heavy atom. The predicted molar refractivity (Wildman–Crippen MR) is 73.3 cm³/mol. The Bertz CT molecular complexity index is 616. The summed E-state index contributed by atoms with van der Waals surface area (Å²) in [6.07, 6.45) is 0.834. The van der Waals surface area contributed by atoms with Crippen LogP contribution in [0.25, 0.3) is 0 Å². The zero-order valence-corrected chi connectivity index (χ0v) is 10.4. The topological polar surface area (TPSA) is 29.1 Å². The van der Waals surface area contributed by atoms with Crippen LogP contribution in [0.15, 0.2) is 42.5 Å². The summed E-state index contributed by atoms with van der Waals surface area (Å²) in [4.78, 5) is 12.4. The van der Waals surface area contributed by atoms with Gasteiger partial charge in [0.05, 0.1) is 0 Å². The maximum Gasteiger partial charge on any atom is 0.193 e. The zero-order chi connectivity index (χ0) is 12.5. The molecule has 3 rings (SSSR count). The molecule has 0 radical (unpaired) electrons. The van der Waals surface area contributed by atoms with Crippen molar-refractivity contribution in [3.63, 3.8) is 0 Å². The van der Waals surface area contributed by atoms with Crippen LogP contribution in [0.5, 0.6) is 0 Å². The molecule has 0 saturated heterocycles. The maximum absolute atomic E-state index is 12.4. The fraction of sp³-hybridized carbons (Fsp3) is 0.188. The van der Waals surface area contributed by atoms with Crippen molar-refractivity contribution in [2.24, 2.45) is 0 Å². The third kappa shape index (κ3) is 1.61. The molecule has 0 spiro atoms. The summed E-state index contributed by atoms with van der Waals surface area (Å²) in [5.41, 5.74) is 5.02. The molecule has 2 aromatic rings. The summed E-state index contributed by atoms with van der Waals surface area (Å²) in [6.45, 7) is 2.93. The van der Waals surface area contributed by atoms with Crippen LogP contribution in [0.2, 0.25) is 0 Å². The molecule has 0 aromatic heterocycles. The van der Waals surface area contributed by atoms with Crippen molar-refractivity contribution in [2.45, 2.75) is 13.3 Å². The van der Waals surface area contributed by atoms with Crippen LogP contribution in [0.4, 0.5) is 5.69 Å². The lowest BCUT2D eigenvalue weighted by Gasteiger charge is -2.21. The fourth-order valence-corrected chi connectivity index (χ4v) is 2.58. The van der Waals surface area contributed by atoms with Gasteiger partial charge in [0.2, 0.25) is 0 Å². The molecule has 0 aliphatic heterocycles. The van der Waals surface area contributed by atoms with E-state index in [-0.39, 0.29) is 5.78 Å². The summed E-state index contributed by atoms with van der Waals surface area (Å²) in [7, 11) is 0. The normalized spacial score (nSPS) is 12.8. The van der Waals surface area contributed by atoms with Gasteiger partial charge in [0.25, 0.3) is 0 Å². The van der Waals surface area contributed by atoms with Gasteiger partial charge in [-0.3, -0.25) is 4.79 Å². The maximum atomic E-state index is 12.4. The van der Waals surface area contributed by atoms with Crippen molar-refractivity contribution >= 4 is 11.5 Å². The highest BCUT2D eigenvalue weighted by molar-refractivity contribution is 6.13. The lowest BCUT2D eigenvalue weighted by Crippen LogP contribution is -2.16. The van der Waals surface area contributed by atoms with E-state index in [1.165, 1.54) is 0 Å². The summed E-state index contributed by atoms with van der Waals surface area (Å²) < 4.78 is 0. The largest absolute Gasteiger partial charge is 0.385 e. The van der Waals surface area contributed by atoms with Crippen molar-refractivity contribution < 1.29 is 4.79 Å². The van der Waals surface area contributed by atoms with Gasteiger partial charge in [-0.25, -0.2) is 0 Å². The minimum Gasteiger partial charge on any atom is -0.385 e. The van der Waals surface area contributed by atoms with Crippen LogP contribution in [0, 0.1) is 0 Å². The predicted octanol–water partition coefficient (Wildman–Crippen LogP) is 3.25. The number of fused-ring (bicyclic) bond motifs is 2. The van der Waals surface area contributed by atoms with Gasteiger partial charge in [-0.1, -0.05) is 36.4 Å². The van der Waals surface area contributed by atoms with Crippen LogP contribution in [-0.2, 0) is 6.42 Å². The molecule has 2 heteroatoms. The molecule has 0 atom stereocenters. The monoisotopic (exact) mass is 237 g/mol. The van der Waals surface area contributed by atoms with E-state index in [9.17, 15) is 4.79 Å². The molecule has 1 N–H and O–H groups in total. The van der Waals surface area contributed by atoms with E-state index in [1.54, 1.807) is 0 Å². The van der Waals surface area contributed by atoms with Crippen LogP contribution < -0.4 is 5.32 Å². The van der Waals surface area contributed by atoms with Gasteiger partial charge < -0.3 is 5.32 Å². The molecule has 0 amide bonds. The van der Waals surface area contributed by atoms with E-state index < -0.39 is 0 Å². The summed E-state index contributed by atoms with van der Waals surface area (Å²) in [5, 5.41) is 3.33. The number of benzene rings is 2. The first-order valence-electron chi connectivity index (χ1n) is 6.29. The second-order valence-corrected chi connectivity index (χ2v) is 4.53. The molecule has 0 fully saturated rings. The Labute approximate surface area is 107 Å². The summed E-state index contributed by atoms with van der Waals surface area (Å²) in [5.74, 6) is 0.145. The van der Waals surface area contributed by atoms with E-state index in [0.29, 0.717) is 0 Å². The first-order valence-corrected chi connectivity index (χ1v) is 6.29. The Morgan fingerprint density at radius 1 is 1.06 bits per heavy atom. The highest BCUT2D eigenvalue weighted by Gasteiger charge is 2.24. The average molecular weight is 237 g/mol. The first kappa shape index (κ1) is 11.0. The smallest absolute Gasteiger partial charge is 0.193 e. The van der Waals surface area contributed by atoms with E-state index in [1.807, 2.05) is 42.5 Å². The molecule has 0 unspecified atom stereocenters. The highest BCUT2D eigenvalue weighted by Crippen LogP contribution is 2.31. The van der Waals surface area contributed by atoms with Gasteiger partial charge in [-0.15, -0.1) is 0 Å². The third-order valence-electron chi connectivity index (χ3n) is 3.42. The van der Waals surface area contributed by atoms with Gasteiger partial charge in [0.15, 0.2) is 5.78 Å². The second-order valence-electron chi connectivity index (χ2n) is 4.53. The Kier molecular flexibility index (Phi) is 2.63. The third-order valence-corrected chi connectivity index (χ3v) is 3.42. The molecule has 90 valence electrons. The molecule has 18 heavy (non-hydrogen) atoms. The fourth-order valence-electron chi connectivity index (χ4n) is 2.58. The van der Waals surface area contributed by atoms with E-state index >= 15 is 0 Å². The number of rotatable bonds is 2. The number of nitrogens with one attached hydrogen (secondary N) is 1. The zero-order valence-electron chi connectivity index (χ0n) is 10.4. The quantitative estimate of drug-likeness (QED) is 0.741. The summed E-state index contributed by atoms with van der Waals surface area (Å²) >= 11 is 0. The number of ketones is 1.